The molecule has 0 fully saturated rings. The van der Waals surface area contributed by atoms with Crippen LogP contribution in [-0.2, 0) is 18.1 Å². The zero-order valence-electron chi connectivity index (χ0n) is 14.7. The summed E-state index contributed by atoms with van der Waals surface area (Å²) in [4.78, 5) is 0. The Labute approximate surface area is 139 Å². The van der Waals surface area contributed by atoms with E-state index in [2.05, 4.69) is 15.1 Å². The third-order valence-corrected chi connectivity index (χ3v) is 10.2. The van der Waals surface area contributed by atoms with Crippen LogP contribution in [0, 0.1) is 0 Å². The van der Waals surface area contributed by atoms with Crippen LogP contribution < -0.4 is 0 Å². The van der Waals surface area contributed by atoms with Crippen molar-refractivity contribution in [2.24, 2.45) is 0 Å². The predicted molar refractivity (Wildman–Crippen MR) is 92.2 cm³/mol. The summed E-state index contributed by atoms with van der Waals surface area (Å²) in [5, 5.41) is 0. The molecule has 0 radical (unpaired) electrons. The van der Waals surface area contributed by atoms with Crippen LogP contribution in [0.5, 0.6) is 0 Å². The molecule has 0 aromatic heterocycles. The van der Waals surface area contributed by atoms with E-state index in [1.807, 2.05) is 66.9 Å². The fourth-order valence-electron chi connectivity index (χ4n) is 1.31. The second-order valence-corrected chi connectivity index (χ2v) is 12.5. The van der Waals surface area contributed by atoms with Crippen molar-refractivity contribution >= 4 is 29.7 Å². The third kappa shape index (κ3) is 9.15. The van der Waals surface area contributed by atoms with E-state index < -0.39 is 14.6 Å². The van der Waals surface area contributed by atoms with Crippen LogP contribution in [-0.4, -0.2) is 51.0 Å². The minimum atomic E-state index is -2.35. The molecule has 0 aliphatic carbocycles. The van der Waals surface area contributed by atoms with Crippen LogP contribution in [0.4, 0.5) is 0 Å². The van der Waals surface area contributed by atoms with E-state index in [9.17, 15) is 0 Å². The molecule has 0 aromatic carbocycles. The van der Waals surface area contributed by atoms with Crippen LogP contribution in [0.2, 0.25) is 0 Å². The van der Waals surface area contributed by atoms with E-state index >= 15 is 0 Å². The first-order chi connectivity index (χ1) is 9.47. The molecule has 0 saturated carbocycles. The van der Waals surface area contributed by atoms with Crippen molar-refractivity contribution in [1.29, 1.82) is 0 Å². The Morgan fingerprint density at radius 2 is 1.10 bits per heavy atom. The summed E-state index contributed by atoms with van der Waals surface area (Å²) in [6.45, 7) is 16.0. The number of rotatable bonds is 10. The zero-order valence-corrected chi connectivity index (χ0v) is 18.2. The molecule has 0 atom stereocenters. The van der Waals surface area contributed by atoms with Crippen molar-refractivity contribution in [3.8, 4) is 0 Å². The van der Waals surface area contributed by atoms with Gasteiger partial charge in [0.25, 0.3) is 0 Å². The molecular weight excluding hydrogens is 375 g/mol. The van der Waals surface area contributed by atoms with Crippen molar-refractivity contribution in [1.82, 2.24) is 4.44 Å². The van der Waals surface area contributed by atoms with Crippen molar-refractivity contribution in [3.63, 3.8) is 0 Å². The fraction of sp³-hybridized carbons (Fsp3) is 1.00. The normalized spacial score (nSPS) is 13.7. The summed E-state index contributed by atoms with van der Waals surface area (Å²) in [5.74, 6) is 0. The van der Waals surface area contributed by atoms with Crippen molar-refractivity contribution in [2.45, 2.75) is 79.8 Å². The van der Waals surface area contributed by atoms with Gasteiger partial charge >= 0.3 is 139 Å². The van der Waals surface area contributed by atoms with E-state index in [0.717, 1.165) is 0 Å². The summed E-state index contributed by atoms with van der Waals surface area (Å²) >= 11 is 3.13. The molecule has 0 rings (SSSR count). The summed E-state index contributed by atoms with van der Waals surface area (Å²) in [5.41, 5.74) is 0. The van der Waals surface area contributed by atoms with Gasteiger partial charge in [-0.15, -0.1) is 0 Å². The monoisotopic (exact) mass is 407 g/mol. The topological polar surface area (TPSA) is 40.2 Å². The Morgan fingerprint density at radius 1 is 0.762 bits per heavy atom. The number of hydrogen-bond acceptors (Lipinski definition) is 5. The van der Waals surface area contributed by atoms with Crippen molar-refractivity contribution < 1.29 is 18.1 Å². The molecule has 0 bridgehead atoms. The molecule has 0 spiro atoms. The van der Waals surface area contributed by atoms with Crippen LogP contribution in [0.25, 0.3) is 0 Å². The zero-order chi connectivity index (χ0) is 16.8. The molecule has 0 N–H and O–H groups in total. The van der Waals surface area contributed by atoms with E-state index in [4.69, 9.17) is 18.1 Å². The number of hydrogen-bond donors (Lipinski definition) is 0. The molecular formula is C13H31NO4P2Se. The van der Waals surface area contributed by atoms with Gasteiger partial charge in [0.1, 0.15) is 0 Å². The summed E-state index contributed by atoms with van der Waals surface area (Å²) in [7, 11) is 0.688. The molecule has 21 heavy (non-hydrogen) atoms. The molecule has 8 heteroatoms. The van der Waals surface area contributed by atoms with Gasteiger partial charge in [0.2, 0.25) is 0 Å². The van der Waals surface area contributed by atoms with Crippen LogP contribution in [0.1, 0.15) is 55.4 Å². The van der Waals surface area contributed by atoms with Gasteiger partial charge in [-0.05, 0) is 0 Å². The van der Waals surface area contributed by atoms with E-state index in [1.54, 1.807) is 0 Å². The van der Waals surface area contributed by atoms with Gasteiger partial charge in [-0.3, -0.25) is 0 Å². The SMILES string of the molecule is CC(C)OP(OC(C)C)N(C)P(=[Se])(OC(C)C)OC(C)C. The number of nitrogens with zero attached hydrogens (tertiary/aromatic N) is 1. The van der Waals surface area contributed by atoms with E-state index in [-0.39, 0.29) is 24.4 Å². The molecule has 0 heterocycles. The van der Waals surface area contributed by atoms with Gasteiger partial charge in [0, 0.05) is 0 Å². The first kappa shape index (κ1) is 22.2. The van der Waals surface area contributed by atoms with Gasteiger partial charge in [0.15, 0.2) is 0 Å². The second kappa shape index (κ2) is 10.1. The Balaban J connectivity index is 5.25. The maximum atomic E-state index is 6.07. The Bertz CT molecular complexity index is 316. The molecule has 0 unspecified atom stereocenters. The van der Waals surface area contributed by atoms with E-state index in [0.29, 0.717) is 0 Å². The van der Waals surface area contributed by atoms with Crippen molar-refractivity contribution in [2.75, 3.05) is 7.05 Å². The van der Waals surface area contributed by atoms with Gasteiger partial charge in [-0.2, -0.15) is 0 Å². The minimum absolute atomic E-state index is 0.0516. The molecule has 0 aliphatic rings. The summed E-state index contributed by atoms with van der Waals surface area (Å²) in [6.07, 6.45) is -2.10. The van der Waals surface area contributed by atoms with Crippen molar-refractivity contribution in [3.05, 3.63) is 0 Å². The Morgan fingerprint density at radius 3 is 1.33 bits per heavy atom. The third-order valence-electron chi connectivity index (χ3n) is 1.88. The quantitative estimate of drug-likeness (QED) is 0.389. The van der Waals surface area contributed by atoms with Crippen LogP contribution in [0.3, 0.4) is 0 Å². The van der Waals surface area contributed by atoms with Crippen LogP contribution in [0.15, 0.2) is 0 Å². The predicted octanol–water partition coefficient (Wildman–Crippen LogP) is 4.69. The molecule has 0 amide bonds. The average molecular weight is 406 g/mol. The molecule has 0 aliphatic heterocycles. The molecule has 0 aromatic rings. The molecule has 128 valence electrons. The van der Waals surface area contributed by atoms with E-state index in [1.165, 1.54) is 0 Å². The standard InChI is InChI=1S/C13H31NO4P2Se/c1-10(2)15-19(16-11(3)4)14(9)20(21,17-12(5)6)18-13(7)8/h10-13H,1-9H3. The van der Waals surface area contributed by atoms with Gasteiger partial charge in [-0.1, -0.05) is 0 Å². The van der Waals surface area contributed by atoms with Gasteiger partial charge in [-0.25, -0.2) is 0 Å². The van der Waals surface area contributed by atoms with Crippen LogP contribution >= 0.6 is 14.6 Å². The van der Waals surface area contributed by atoms with Gasteiger partial charge in [0.05, 0.1) is 0 Å². The second-order valence-electron chi connectivity index (χ2n) is 5.81. The fourth-order valence-corrected chi connectivity index (χ4v) is 8.25. The average Bonchev–Trinajstić information content (AvgIpc) is 2.23. The Kier molecular flexibility index (Phi) is 10.7. The summed E-state index contributed by atoms with van der Waals surface area (Å²) < 4.78 is 26.0. The maximum absolute atomic E-state index is 6.07. The van der Waals surface area contributed by atoms with Gasteiger partial charge < -0.3 is 0 Å². The molecule has 5 nitrogen and oxygen atoms in total. The summed E-state index contributed by atoms with van der Waals surface area (Å²) in [6, 6.07) is 0. The first-order valence-corrected chi connectivity index (χ1v) is 12.2. The first-order valence-electron chi connectivity index (χ1n) is 7.32. The molecule has 0 saturated heterocycles. The Hall–Kier alpha value is 1.18.